The van der Waals surface area contributed by atoms with Crippen molar-refractivity contribution in [2.24, 2.45) is 0 Å². The fourth-order valence-electron chi connectivity index (χ4n) is 2.03. The Morgan fingerprint density at radius 1 is 1.43 bits per heavy atom. The fourth-order valence-corrected chi connectivity index (χ4v) is 2.27. The molecule has 3 N–H and O–H groups in total. The molecule has 2 amide bonds. The summed E-state index contributed by atoms with van der Waals surface area (Å²) in [5.74, 6) is -1.44. The zero-order chi connectivity index (χ0) is 17.0. The van der Waals surface area contributed by atoms with Crippen molar-refractivity contribution in [3.8, 4) is 0 Å². The molecule has 124 valence electrons. The summed E-state index contributed by atoms with van der Waals surface area (Å²) in [6.07, 6.45) is 0.745. The average molecular weight is 345 g/mol. The lowest BCUT2D eigenvalue weighted by atomic mass is 10.1. The molecule has 1 aromatic carbocycles. The molecule has 0 radical (unpaired) electrons. The molecule has 0 aliphatic heterocycles. The molecular weight excluding hydrogens is 330 g/mol. The number of anilines is 1. The van der Waals surface area contributed by atoms with Gasteiger partial charge in [-0.1, -0.05) is 11.6 Å². The first-order valence-corrected chi connectivity index (χ1v) is 7.18. The molecule has 1 aromatic heterocycles. The van der Waals surface area contributed by atoms with E-state index in [0.29, 0.717) is 11.8 Å². The van der Waals surface area contributed by atoms with E-state index in [1.54, 1.807) is 19.1 Å². The average Bonchev–Trinajstić information content (AvgIpc) is 2.96. The van der Waals surface area contributed by atoms with Gasteiger partial charge in [0.2, 0.25) is 0 Å². The minimum atomic E-state index is -0.978. The topological polar surface area (TPSA) is 74.5 Å². The van der Waals surface area contributed by atoms with Crippen LogP contribution in [0.15, 0.2) is 34.9 Å². The molecular formula is C15H15ClF2N2O3. The molecule has 2 atom stereocenters. The number of urea groups is 1. The predicted octanol–water partition coefficient (Wildman–Crippen LogP) is 3.84. The Labute approximate surface area is 136 Å². The highest BCUT2D eigenvalue weighted by molar-refractivity contribution is 6.33. The second-order valence-corrected chi connectivity index (χ2v) is 5.42. The van der Waals surface area contributed by atoms with Crippen LogP contribution in [0.25, 0.3) is 0 Å². The van der Waals surface area contributed by atoms with Crippen LogP contribution in [0.1, 0.15) is 25.2 Å². The van der Waals surface area contributed by atoms with Crippen LogP contribution in [0.5, 0.6) is 0 Å². The van der Waals surface area contributed by atoms with Crippen LogP contribution >= 0.6 is 11.6 Å². The Bertz CT molecular complexity index is 656. The molecule has 0 saturated carbocycles. The highest BCUT2D eigenvalue weighted by atomic mass is 35.5. The second kappa shape index (κ2) is 7.43. The largest absolute Gasteiger partial charge is 0.467 e. The van der Waals surface area contributed by atoms with Gasteiger partial charge in [-0.05, 0) is 25.1 Å². The zero-order valence-corrected chi connectivity index (χ0v) is 12.9. The number of amides is 2. The van der Waals surface area contributed by atoms with Gasteiger partial charge in [-0.25, -0.2) is 13.6 Å². The monoisotopic (exact) mass is 344 g/mol. The quantitative estimate of drug-likeness (QED) is 0.771. The summed E-state index contributed by atoms with van der Waals surface area (Å²) in [4.78, 5) is 11.8. The third-order valence-corrected chi connectivity index (χ3v) is 3.37. The normalized spacial score (nSPS) is 13.4. The van der Waals surface area contributed by atoms with Crippen LogP contribution in [0.3, 0.4) is 0 Å². The van der Waals surface area contributed by atoms with Gasteiger partial charge in [-0.15, -0.1) is 0 Å². The number of hydrogen-bond donors (Lipinski definition) is 3. The maximum atomic E-state index is 13.6. The molecule has 0 aliphatic carbocycles. The van der Waals surface area contributed by atoms with Crippen LogP contribution in [0.4, 0.5) is 19.3 Å². The number of furan rings is 1. The number of hydrogen-bond acceptors (Lipinski definition) is 3. The summed E-state index contributed by atoms with van der Waals surface area (Å²) in [6.45, 7) is 1.66. The second-order valence-electron chi connectivity index (χ2n) is 5.01. The zero-order valence-electron chi connectivity index (χ0n) is 12.1. The standard InChI is InChI=1S/C15H15ClF2N2O3/c1-8(5-12(21)13-3-2-4-23-13)19-15(22)20-14-10(16)6-9(17)7-11(14)18/h2-4,6-8,12,21H,5H2,1H3,(H2,19,20,22). The van der Waals surface area contributed by atoms with Gasteiger partial charge in [-0.3, -0.25) is 0 Å². The van der Waals surface area contributed by atoms with Crippen molar-refractivity contribution in [1.82, 2.24) is 5.32 Å². The lowest BCUT2D eigenvalue weighted by Gasteiger charge is -2.17. The molecule has 2 rings (SSSR count). The fraction of sp³-hybridized carbons (Fsp3) is 0.267. The molecule has 0 saturated heterocycles. The summed E-state index contributed by atoms with van der Waals surface area (Å²) < 4.78 is 31.6. The van der Waals surface area contributed by atoms with E-state index in [1.807, 2.05) is 0 Å². The van der Waals surface area contributed by atoms with Crippen LogP contribution in [0, 0.1) is 11.6 Å². The number of nitrogens with one attached hydrogen (secondary N) is 2. The van der Waals surface area contributed by atoms with Crippen LogP contribution in [0.2, 0.25) is 5.02 Å². The smallest absolute Gasteiger partial charge is 0.319 e. The maximum Gasteiger partial charge on any atom is 0.319 e. The Kier molecular flexibility index (Phi) is 5.57. The Balaban J connectivity index is 1.92. The van der Waals surface area contributed by atoms with Crippen molar-refractivity contribution in [3.63, 3.8) is 0 Å². The Morgan fingerprint density at radius 3 is 2.78 bits per heavy atom. The first-order valence-electron chi connectivity index (χ1n) is 6.80. The van der Waals surface area contributed by atoms with Gasteiger partial charge in [0, 0.05) is 18.5 Å². The highest BCUT2D eigenvalue weighted by Crippen LogP contribution is 2.26. The molecule has 1 heterocycles. The molecule has 0 bridgehead atoms. The molecule has 0 spiro atoms. The van der Waals surface area contributed by atoms with Gasteiger partial charge in [0.05, 0.1) is 17.0 Å². The SMILES string of the molecule is CC(CC(O)c1ccco1)NC(=O)Nc1c(F)cc(F)cc1Cl. The molecule has 2 aromatic rings. The van der Waals surface area contributed by atoms with Gasteiger partial charge in [-0.2, -0.15) is 0 Å². The third kappa shape index (κ3) is 4.67. The van der Waals surface area contributed by atoms with Gasteiger partial charge in [0.25, 0.3) is 0 Å². The van der Waals surface area contributed by atoms with E-state index in [0.717, 1.165) is 6.07 Å². The summed E-state index contributed by atoms with van der Waals surface area (Å²) in [5, 5.41) is 14.4. The molecule has 23 heavy (non-hydrogen) atoms. The van der Waals surface area contributed by atoms with Crippen LogP contribution in [-0.2, 0) is 0 Å². The molecule has 0 fully saturated rings. The predicted molar refractivity (Wildman–Crippen MR) is 81.3 cm³/mol. The number of carbonyl (C=O) groups is 1. The van der Waals surface area contributed by atoms with Crippen molar-refractivity contribution in [2.45, 2.75) is 25.5 Å². The number of rotatable bonds is 5. The lowest BCUT2D eigenvalue weighted by molar-refractivity contribution is 0.130. The molecule has 8 heteroatoms. The molecule has 2 unspecified atom stereocenters. The van der Waals surface area contributed by atoms with Crippen LogP contribution < -0.4 is 10.6 Å². The number of aliphatic hydroxyl groups excluding tert-OH is 1. The third-order valence-electron chi connectivity index (χ3n) is 3.07. The van der Waals surface area contributed by atoms with Crippen LogP contribution in [-0.4, -0.2) is 17.2 Å². The Hall–Kier alpha value is -2.12. The van der Waals surface area contributed by atoms with E-state index in [-0.39, 0.29) is 17.1 Å². The number of halogens is 3. The van der Waals surface area contributed by atoms with Gasteiger partial charge in [0.1, 0.15) is 17.7 Å². The summed E-state index contributed by atoms with van der Waals surface area (Å²) >= 11 is 5.69. The van der Waals surface area contributed by atoms with E-state index < -0.39 is 29.8 Å². The van der Waals surface area contributed by atoms with Crippen molar-refractivity contribution >= 4 is 23.3 Å². The number of carbonyl (C=O) groups excluding carboxylic acids is 1. The van der Waals surface area contributed by atoms with E-state index in [1.165, 1.54) is 6.26 Å². The number of aliphatic hydroxyl groups is 1. The van der Waals surface area contributed by atoms with E-state index in [2.05, 4.69) is 10.6 Å². The summed E-state index contributed by atoms with van der Waals surface area (Å²) in [7, 11) is 0. The first-order chi connectivity index (χ1) is 10.9. The van der Waals surface area contributed by atoms with Crippen molar-refractivity contribution < 1.29 is 23.1 Å². The van der Waals surface area contributed by atoms with Crippen molar-refractivity contribution in [2.75, 3.05) is 5.32 Å². The van der Waals surface area contributed by atoms with E-state index in [4.69, 9.17) is 16.0 Å². The summed E-state index contributed by atoms with van der Waals surface area (Å²) in [6, 6.07) is 3.61. The molecule has 5 nitrogen and oxygen atoms in total. The minimum absolute atomic E-state index is 0.195. The van der Waals surface area contributed by atoms with E-state index in [9.17, 15) is 18.7 Å². The Morgan fingerprint density at radius 2 is 2.17 bits per heavy atom. The van der Waals surface area contributed by atoms with Gasteiger partial charge < -0.3 is 20.2 Å². The summed E-state index contributed by atoms with van der Waals surface area (Å²) in [5.41, 5.74) is -0.315. The van der Waals surface area contributed by atoms with E-state index >= 15 is 0 Å². The minimum Gasteiger partial charge on any atom is -0.467 e. The number of benzene rings is 1. The lowest BCUT2D eigenvalue weighted by Crippen LogP contribution is -2.37. The highest BCUT2D eigenvalue weighted by Gasteiger charge is 2.18. The first kappa shape index (κ1) is 17.2. The van der Waals surface area contributed by atoms with Crippen molar-refractivity contribution in [3.05, 3.63) is 52.9 Å². The maximum absolute atomic E-state index is 13.6. The van der Waals surface area contributed by atoms with Gasteiger partial charge >= 0.3 is 6.03 Å². The van der Waals surface area contributed by atoms with Gasteiger partial charge in [0.15, 0.2) is 5.82 Å². The van der Waals surface area contributed by atoms with Crippen molar-refractivity contribution in [1.29, 1.82) is 0 Å². The molecule has 0 aliphatic rings.